The Balaban J connectivity index is 2.79. The summed E-state index contributed by atoms with van der Waals surface area (Å²) < 4.78 is 12.9. The zero-order chi connectivity index (χ0) is 16.8. The van der Waals surface area contributed by atoms with Crippen molar-refractivity contribution < 1.29 is 23.9 Å². The van der Waals surface area contributed by atoms with Gasteiger partial charge in [0.1, 0.15) is 5.82 Å². The highest BCUT2D eigenvalue weighted by molar-refractivity contribution is 5.90. The molecule has 1 unspecified atom stereocenters. The molecule has 0 aliphatic rings. The molecule has 0 saturated heterocycles. The lowest BCUT2D eigenvalue weighted by atomic mass is 9.92. The van der Waals surface area contributed by atoms with Crippen molar-refractivity contribution >= 4 is 17.8 Å². The van der Waals surface area contributed by atoms with Crippen LogP contribution in [0.25, 0.3) is 0 Å². The molecule has 2 amide bonds. The molecule has 7 heteroatoms. The third-order valence-corrected chi connectivity index (χ3v) is 3.16. The monoisotopic (exact) mass is 310 g/mol. The smallest absolute Gasteiger partial charge is 0.333 e. The summed E-state index contributed by atoms with van der Waals surface area (Å²) in [4.78, 5) is 34.6. The fraction of sp³-hybridized carbons (Fsp3) is 0.400. The Hall–Kier alpha value is -2.44. The van der Waals surface area contributed by atoms with Crippen LogP contribution in [-0.2, 0) is 19.9 Å². The maximum atomic E-state index is 12.9. The predicted octanol–water partition coefficient (Wildman–Crippen LogP) is 1.16. The van der Waals surface area contributed by atoms with E-state index in [9.17, 15) is 23.9 Å². The molecule has 120 valence electrons. The zero-order valence-corrected chi connectivity index (χ0v) is 12.5. The van der Waals surface area contributed by atoms with Gasteiger partial charge in [-0.05, 0) is 31.0 Å². The summed E-state index contributed by atoms with van der Waals surface area (Å²) in [7, 11) is 0. The number of nitrogens with one attached hydrogen (secondary N) is 2. The fourth-order valence-electron chi connectivity index (χ4n) is 1.85. The Labute approximate surface area is 127 Å². The second-order valence-corrected chi connectivity index (χ2v) is 5.01. The molecule has 0 heterocycles. The molecule has 22 heavy (non-hydrogen) atoms. The van der Waals surface area contributed by atoms with Crippen molar-refractivity contribution in [3.8, 4) is 0 Å². The van der Waals surface area contributed by atoms with Crippen molar-refractivity contribution in [1.82, 2.24) is 10.6 Å². The van der Waals surface area contributed by atoms with Gasteiger partial charge >= 0.3 is 5.97 Å². The molecule has 0 fully saturated rings. The molecule has 6 nitrogen and oxygen atoms in total. The lowest BCUT2D eigenvalue weighted by Crippen LogP contribution is -2.52. The van der Waals surface area contributed by atoms with E-state index in [-0.39, 0.29) is 18.0 Å². The van der Waals surface area contributed by atoms with E-state index in [4.69, 9.17) is 0 Å². The van der Waals surface area contributed by atoms with Gasteiger partial charge in [-0.3, -0.25) is 9.59 Å². The molecule has 0 spiro atoms. The van der Waals surface area contributed by atoms with Gasteiger partial charge in [0.05, 0.1) is 6.54 Å². The van der Waals surface area contributed by atoms with Crippen LogP contribution in [0.3, 0.4) is 0 Å². The van der Waals surface area contributed by atoms with E-state index >= 15 is 0 Å². The second-order valence-electron chi connectivity index (χ2n) is 5.01. The molecular weight excluding hydrogens is 291 g/mol. The van der Waals surface area contributed by atoms with Crippen LogP contribution < -0.4 is 10.6 Å². The first-order chi connectivity index (χ1) is 10.3. The molecule has 0 aliphatic heterocycles. The van der Waals surface area contributed by atoms with Gasteiger partial charge in [0.15, 0.2) is 5.54 Å². The van der Waals surface area contributed by atoms with Crippen LogP contribution in [0, 0.1) is 5.82 Å². The van der Waals surface area contributed by atoms with Crippen molar-refractivity contribution in [2.45, 2.75) is 32.2 Å². The second kappa shape index (κ2) is 7.53. The quantitative estimate of drug-likeness (QED) is 0.704. The fourth-order valence-corrected chi connectivity index (χ4v) is 1.85. The van der Waals surface area contributed by atoms with Crippen molar-refractivity contribution in [1.29, 1.82) is 0 Å². The minimum atomic E-state index is -1.71. The van der Waals surface area contributed by atoms with Crippen LogP contribution in [0.1, 0.15) is 32.3 Å². The van der Waals surface area contributed by atoms with Crippen LogP contribution in [0.2, 0.25) is 0 Å². The molecule has 0 bridgehead atoms. The van der Waals surface area contributed by atoms with E-state index in [1.165, 1.54) is 19.1 Å². The molecule has 0 saturated carbocycles. The van der Waals surface area contributed by atoms with Crippen LogP contribution in [-0.4, -0.2) is 29.4 Å². The van der Waals surface area contributed by atoms with E-state index < -0.39 is 23.2 Å². The van der Waals surface area contributed by atoms with Crippen molar-refractivity contribution in [3.63, 3.8) is 0 Å². The number of carbonyl (C=O) groups excluding carboxylic acids is 2. The highest BCUT2D eigenvalue weighted by Gasteiger charge is 2.36. The maximum Gasteiger partial charge on any atom is 0.333 e. The van der Waals surface area contributed by atoms with E-state index in [0.717, 1.165) is 12.1 Å². The number of rotatable bonds is 7. The summed E-state index contributed by atoms with van der Waals surface area (Å²) in [6, 6.07) is 4.82. The normalized spacial score (nSPS) is 13.0. The predicted molar refractivity (Wildman–Crippen MR) is 77.4 cm³/mol. The van der Waals surface area contributed by atoms with Gasteiger partial charge in [-0.25, -0.2) is 9.18 Å². The summed E-state index contributed by atoms with van der Waals surface area (Å²) in [6.07, 6.45) is 0.942. The molecule has 1 rings (SSSR count). The summed E-state index contributed by atoms with van der Waals surface area (Å²) in [5.74, 6) is -2.71. The average Bonchev–Trinajstić information content (AvgIpc) is 2.45. The van der Waals surface area contributed by atoms with Crippen molar-refractivity contribution in [3.05, 3.63) is 35.6 Å². The van der Waals surface area contributed by atoms with Gasteiger partial charge in [-0.15, -0.1) is 0 Å². The number of hydrogen-bond donors (Lipinski definition) is 3. The van der Waals surface area contributed by atoms with E-state index in [1.54, 1.807) is 0 Å². The first kappa shape index (κ1) is 17.6. The lowest BCUT2D eigenvalue weighted by molar-refractivity contribution is -0.147. The third-order valence-electron chi connectivity index (χ3n) is 3.16. The van der Waals surface area contributed by atoms with E-state index in [1.807, 2.05) is 6.92 Å². The van der Waals surface area contributed by atoms with Gasteiger partial charge in [-0.1, -0.05) is 19.1 Å². The number of amides is 2. The molecular formula is C15H19FN2O4. The Morgan fingerprint density at radius 1 is 1.18 bits per heavy atom. The number of carbonyl (C=O) groups is 3. The largest absolute Gasteiger partial charge is 0.479 e. The number of hydrogen-bond acceptors (Lipinski definition) is 3. The first-order valence-electron chi connectivity index (χ1n) is 6.86. The van der Waals surface area contributed by atoms with E-state index in [0.29, 0.717) is 12.8 Å². The van der Waals surface area contributed by atoms with Crippen molar-refractivity contribution in [2.75, 3.05) is 6.54 Å². The summed E-state index contributed by atoms with van der Waals surface area (Å²) in [5.41, 5.74) is -1.48. The minimum absolute atomic E-state index is 0.231. The molecule has 1 aromatic carbocycles. The van der Waals surface area contributed by atoms with Crippen LogP contribution in [0.15, 0.2) is 24.3 Å². The van der Waals surface area contributed by atoms with Gasteiger partial charge in [-0.2, -0.15) is 0 Å². The molecule has 0 aromatic heterocycles. The van der Waals surface area contributed by atoms with Crippen molar-refractivity contribution in [2.24, 2.45) is 0 Å². The Morgan fingerprint density at radius 2 is 1.77 bits per heavy atom. The molecule has 3 N–H and O–H groups in total. The Morgan fingerprint density at radius 3 is 2.27 bits per heavy atom. The SMILES string of the molecule is CCCC(=O)NCC(=O)NC(C)(C(=O)O)c1ccc(F)cc1. The lowest BCUT2D eigenvalue weighted by Gasteiger charge is -2.27. The number of carboxylic acids is 1. The number of benzene rings is 1. The van der Waals surface area contributed by atoms with Gasteiger partial charge in [0.25, 0.3) is 0 Å². The highest BCUT2D eigenvalue weighted by Crippen LogP contribution is 2.21. The van der Waals surface area contributed by atoms with E-state index in [2.05, 4.69) is 10.6 Å². The summed E-state index contributed by atoms with van der Waals surface area (Å²) >= 11 is 0. The van der Waals surface area contributed by atoms with Crippen LogP contribution in [0.4, 0.5) is 4.39 Å². The van der Waals surface area contributed by atoms with Crippen LogP contribution in [0.5, 0.6) is 0 Å². The van der Waals surface area contributed by atoms with Gasteiger partial charge in [0.2, 0.25) is 11.8 Å². The molecule has 1 atom stereocenters. The third kappa shape index (κ3) is 4.54. The molecule has 0 radical (unpaired) electrons. The summed E-state index contributed by atoms with van der Waals surface area (Å²) in [6.45, 7) is 2.81. The highest BCUT2D eigenvalue weighted by atomic mass is 19.1. The number of carboxylic acid groups (broad SMARTS) is 1. The summed E-state index contributed by atoms with van der Waals surface area (Å²) in [5, 5.41) is 14.1. The minimum Gasteiger partial charge on any atom is -0.479 e. The average molecular weight is 310 g/mol. The zero-order valence-electron chi connectivity index (χ0n) is 12.5. The van der Waals surface area contributed by atoms with Gasteiger partial charge < -0.3 is 15.7 Å². The topological polar surface area (TPSA) is 95.5 Å². The van der Waals surface area contributed by atoms with Gasteiger partial charge in [0, 0.05) is 6.42 Å². The molecule has 0 aliphatic carbocycles. The number of aliphatic carboxylic acids is 1. The number of halogens is 1. The maximum absolute atomic E-state index is 12.9. The van der Waals surface area contributed by atoms with Crippen LogP contribution >= 0.6 is 0 Å². The molecule has 1 aromatic rings. The first-order valence-corrected chi connectivity index (χ1v) is 6.86. The Kier molecular flexibility index (Phi) is 6.03. The Bertz CT molecular complexity index is 559. The standard InChI is InChI=1S/C15H19FN2O4/c1-3-4-12(19)17-9-13(20)18-15(2,14(21)22)10-5-7-11(16)8-6-10/h5-8H,3-4,9H2,1-2H3,(H,17,19)(H,18,20)(H,21,22).